The Labute approximate surface area is 92.5 Å². The fourth-order valence-electron chi connectivity index (χ4n) is 1.87. The summed E-state index contributed by atoms with van der Waals surface area (Å²) in [5.41, 5.74) is 3.33. The SMILES string of the molecule is C=C(C)CC(C)(CO)c1ccc(C)cc1. The minimum Gasteiger partial charge on any atom is -0.395 e. The fraction of sp³-hybridized carbons (Fsp3) is 0.429. The molecule has 82 valence electrons. The van der Waals surface area contributed by atoms with E-state index in [0.29, 0.717) is 0 Å². The van der Waals surface area contributed by atoms with Crippen LogP contribution in [0.1, 0.15) is 31.4 Å². The molecule has 1 aromatic carbocycles. The molecule has 0 aliphatic carbocycles. The molecular formula is C14H20O. The lowest BCUT2D eigenvalue weighted by atomic mass is 9.78. The van der Waals surface area contributed by atoms with E-state index in [-0.39, 0.29) is 12.0 Å². The Morgan fingerprint density at radius 1 is 1.33 bits per heavy atom. The first kappa shape index (κ1) is 12.0. The molecule has 0 aliphatic heterocycles. The zero-order valence-electron chi connectivity index (χ0n) is 9.88. The van der Waals surface area contributed by atoms with Crippen LogP contribution in [0.25, 0.3) is 0 Å². The van der Waals surface area contributed by atoms with Crippen LogP contribution in [0.4, 0.5) is 0 Å². The van der Waals surface area contributed by atoms with Crippen LogP contribution in [0, 0.1) is 6.92 Å². The highest BCUT2D eigenvalue weighted by Crippen LogP contribution is 2.29. The summed E-state index contributed by atoms with van der Waals surface area (Å²) in [6.07, 6.45) is 0.826. The molecule has 0 bridgehead atoms. The van der Waals surface area contributed by atoms with Crippen molar-refractivity contribution in [3.05, 3.63) is 47.5 Å². The first-order valence-corrected chi connectivity index (χ1v) is 5.30. The van der Waals surface area contributed by atoms with Crippen LogP contribution in [0.2, 0.25) is 0 Å². The molecule has 0 aromatic heterocycles. The van der Waals surface area contributed by atoms with Crippen molar-refractivity contribution < 1.29 is 5.11 Å². The van der Waals surface area contributed by atoms with E-state index in [1.165, 1.54) is 11.1 Å². The summed E-state index contributed by atoms with van der Waals surface area (Å²) in [5.74, 6) is 0. The Morgan fingerprint density at radius 2 is 1.87 bits per heavy atom. The van der Waals surface area contributed by atoms with Gasteiger partial charge in [0.05, 0.1) is 6.61 Å². The molecule has 0 heterocycles. The van der Waals surface area contributed by atoms with Gasteiger partial charge in [-0.3, -0.25) is 0 Å². The summed E-state index contributed by atoms with van der Waals surface area (Å²) in [4.78, 5) is 0. The third-order valence-electron chi connectivity index (χ3n) is 2.79. The molecule has 1 N–H and O–H groups in total. The van der Waals surface area contributed by atoms with Crippen molar-refractivity contribution in [3.63, 3.8) is 0 Å². The standard InChI is InChI=1S/C14H20O/c1-11(2)9-14(4,10-15)13-7-5-12(3)6-8-13/h5-8,15H,1,9-10H2,2-4H3. The summed E-state index contributed by atoms with van der Waals surface area (Å²) in [6.45, 7) is 10.2. The van der Waals surface area contributed by atoms with Crippen molar-refractivity contribution >= 4 is 0 Å². The Hall–Kier alpha value is -1.08. The van der Waals surface area contributed by atoms with Crippen molar-refractivity contribution in [2.24, 2.45) is 0 Å². The summed E-state index contributed by atoms with van der Waals surface area (Å²) in [7, 11) is 0. The molecule has 1 atom stereocenters. The lowest BCUT2D eigenvalue weighted by molar-refractivity contribution is 0.204. The van der Waals surface area contributed by atoms with E-state index in [0.717, 1.165) is 12.0 Å². The number of allylic oxidation sites excluding steroid dienone is 1. The highest BCUT2D eigenvalue weighted by atomic mass is 16.3. The van der Waals surface area contributed by atoms with Crippen LogP contribution in [0.3, 0.4) is 0 Å². The summed E-state index contributed by atoms with van der Waals surface area (Å²) in [6, 6.07) is 8.35. The molecule has 0 fully saturated rings. The molecule has 1 aromatic rings. The van der Waals surface area contributed by atoms with E-state index in [4.69, 9.17) is 0 Å². The van der Waals surface area contributed by atoms with E-state index < -0.39 is 0 Å². The highest BCUT2D eigenvalue weighted by molar-refractivity contribution is 5.29. The molecule has 1 unspecified atom stereocenters. The van der Waals surface area contributed by atoms with Gasteiger partial charge in [0.25, 0.3) is 0 Å². The van der Waals surface area contributed by atoms with Gasteiger partial charge < -0.3 is 5.11 Å². The summed E-state index contributed by atoms with van der Waals surface area (Å²) < 4.78 is 0. The normalized spacial score (nSPS) is 14.7. The summed E-state index contributed by atoms with van der Waals surface area (Å²) in [5, 5.41) is 9.52. The van der Waals surface area contributed by atoms with Crippen molar-refractivity contribution in [3.8, 4) is 0 Å². The van der Waals surface area contributed by atoms with Gasteiger partial charge in [0.15, 0.2) is 0 Å². The Bertz CT molecular complexity index is 337. The van der Waals surface area contributed by atoms with E-state index in [1.807, 2.05) is 6.92 Å². The Morgan fingerprint density at radius 3 is 2.27 bits per heavy atom. The van der Waals surface area contributed by atoms with E-state index in [2.05, 4.69) is 44.7 Å². The average molecular weight is 204 g/mol. The average Bonchev–Trinajstić information content (AvgIpc) is 2.17. The van der Waals surface area contributed by atoms with Gasteiger partial charge in [0.2, 0.25) is 0 Å². The maximum Gasteiger partial charge on any atom is 0.0528 e. The van der Waals surface area contributed by atoms with Gasteiger partial charge in [-0.1, -0.05) is 42.3 Å². The van der Waals surface area contributed by atoms with E-state index in [1.54, 1.807) is 0 Å². The third-order valence-corrected chi connectivity index (χ3v) is 2.79. The highest BCUT2D eigenvalue weighted by Gasteiger charge is 2.25. The molecular weight excluding hydrogens is 184 g/mol. The lowest BCUT2D eigenvalue weighted by Crippen LogP contribution is -2.26. The molecule has 0 radical (unpaired) electrons. The van der Waals surface area contributed by atoms with Gasteiger partial charge in [-0.2, -0.15) is 0 Å². The number of benzene rings is 1. The molecule has 0 saturated carbocycles. The van der Waals surface area contributed by atoms with Gasteiger partial charge in [-0.15, -0.1) is 6.58 Å². The third kappa shape index (κ3) is 2.93. The van der Waals surface area contributed by atoms with Crippen LogP contribution >= 0.6 is 0 Å². The second-order valence-electron chi connectivity index (χ2n) is 4.72. The van der Waals surface area contributed by atoms with Crippen LogP contribution in [0.5, 0.6) is 0 Å². The van der Waals surface area contributed by atoms with Gasteiger partial charge >= 0.3 is 0 Å². The molecule has 0 saturated heterocycles. The maximum absolute atomic E-state index is 9.52. The Balaban J connectivity index is 3.00. The van der Waals surface area contributed by atoms with Crippen LogP contribution in [-0.4, -0.2) is 11.7 Å². The first-order chi connectivity index (χ1) is 6.98. The zero-order valence-corrected chi connectivity index (χ0v) is 9.88. The molecule has 15 heavy (non-hydrogen) atoms. The topological polar surface area (TPSA) is 20.2 Å². The minimum absolute atomic E-state index is 0.156. The molecule has 0 amide bonds. The van der Waals surface area contributed by atoms with Gasteiger partial charge in [0, 0.05) is 5.41 Å². The zero-order chi connectivity index (χ0) is 11.5. The molecule has 1 heteroatoms. The van der Waals surface area contributed by atoms with Crippen LogP contribution in [-0.2, 0) is 5.41 Å². The number of hydrogen-bond acceptors (Lipinski definition) is 1. The smallest absolute Gasteiger partial charge is 0.0528 e. The largest absolute Gasteiger partial charge is 0.395 e. The number of aryl methyl sites for hydroxylation is 1. The summed E-state index contributed by atoms with van der Waals surface area (Å²) >= 11 is 0. The minimum atomic E-state index is -0.195. The van der Waals surface area contributed by atoms with Gasteiger partial charge in [0.1, 0.15) is 0 Å². The molecule has 0 aliphatic rings. The first-order valence-electron chi connectivity index (χ1n) is 5.30. The predicted octanol–water partition coefficient (Wildman–Crippen LogP) is 3.21. The second-order valence-corrected chi connectivity index (χ2v) is 4.72. The van der Waals surface area contributed by atoms with Crippen LogP contribution in [0.15, 0.2) is 36.4 Å². The van der Waals surface area contributed by atoms with Crippen molar-refractivity contribution in [1.82, 2.24) is 0 Å². The monoisotopic (exact) mass is 204 g/mol. The number of aliphatic hydroxyl groups is 1. The molecule has 1 rings (SSSR count). The van der Waals surface area contributed by atoms with E-state index in [9.17, 15) is 5.11 Å². The quantitative estimate of drug-likeness (QED) is 0.747. The number of rotatable bonds is 4. The second kappa shape index (κ2) is 4.63. The van der Waals surface area contributed by atoms with Crippen molar-refractivity contribution in [2.75, 3.05) is 6.61 Å². The lowest BCUT2D eigenvalue weighted by Gasteiger charge is -2.28. The number of hydrogen-bond donors (Lipinski definition) is 1. The molecule has 0 spiro atoms. The van der Waals surface area contributed by atoms with E-state index >= 15 is 0 Å². The fourth-order valence-corrected chi connectivity index (χ4v) is 1.87. The van der Waals surface area contributed by atoms with Crippen LogP contribution < -0.4 is 0 Å². The van der Waals surface area contributed by atoms with Crippen molar-refractivity contribution in [2.45, 2.75) is 32.6 Å². The number of aliphatic hydroxyl groups excluding tert-OH is 1. The maximum atomic E-state index is 9.52. The van der Waals surface area contributed by atoms with Gasteiger partial charge in [-0.05, 0) is 25.8 Å². The Kier molecular flexibility index (Phi) is 3.70. The molecule has 1 nitrogen and oxygen atoms in total. The van der Waals surface area contributed by atoms with Gasteiger partial charge in [-0.25, -0.2) is 0 Å². The predicted molar refractivity (Wildman–Crippen MR) is 65.0 cm³/mol. The van der Waals surface area contributed by atoms with Crippen molar-refractivity contribution in [1.29, 1.82) is 0 Å².